The number of hydrogen-bond donors (Lipinski definition) is 0. The highest BCUT2D eigenvalue weighted by molar-refractivity contribution is 8.04. The van der Waals surface area contributed by atoms with E-state index < -0.39 is 10.4 Å². The molecule has 61 heavy (non-hydrogen) atoms. The van der Waals surface area contributed by atoms with Crippen LogP contribution in [-0.4, -0.2) is 30.6 Å². The van der Waals surface area contributed by atoms with Gasteiger partial charge in [-0.05, 0) is 114 Å². The number of rotatable bonds is 10. The molecule has 4 heterocycles. The Balaban J connectivity index is 0.000000184. The smallest absolute Gasteiger partial charge is 0.263 e. The lowest BCUT2D eigenvalue weighted by Crippen LogP contribution is -2.34. The van der Waals surface area contributed by atoms with Crippen LogP contribution in [0.25, 0.3) is 32.6 Å². The Morgan fingerprint density at radius 3 is 1.31 bits per heavy atom. The average molecular weight is 911 g/mol. The van der Waals surface area contributed by atoms with Crippen molar-refractivity contribution in [3.05, 3.63) is 139 Å². The summed E-state index contributed by atoms with van der Waals surface area (Å²) in [7, 11) is -5.17. The third-order valence-electron chi connectivity index (χ3n) is 10.4. The molecular formula is C48H54N4O4S5. The third kappa shape index (κ3) is 10.9. The summed E-state index contributed by atoms with van der Waals surface area (Å²) in [6, 6.07) is 30.7. The van der Waals surface area contributed by atoms with Gasteiger partial charge in [0, 0.05) is 56.6 Å². The van der Waals surface area contributed by atoms with Crippen molar-refractivity contribution in [2.75, 3.05) is 22.9 Å². The van der Waals surface area contributed by atoms with Crippen molar-refractivity contribution in [2.45, 2.75) is 91.1 Å². The van der Waals surface area contributed by atoms with Gasteiger partial charge in [-0.2, -0.15) is 9.13 Å². The molecule has 0 N–H and O–H groups in total. The predicted octanol–water partition coefficient (Wildman–Crippen LogP) is 12.0. The SMILES string of the molecule is CCc1cccc2sc(C=C(C)C=C3Sc4ccccc4N3CC)[n+](CC)c12.CCc1cccc2sc(C=C(C)C=C3Sc4ccccc4N3CC)[n+](CC)c12.O=S(=O)([O-])[O-]. The number of hydrogen-bond acceptors (Lipinski definition) is 10. The van der Waals surface area contributed by atoms with E-state index in [2.05, 4.69) is 184 Å². The summed E-state index contributed by atoms with van der Waals surface area (Å²) in [5.41, 5.74) is 10.9. The summed E-state index contributed by atoms with van der Waals surface area (Å²) in [5, 5.41) is 5.29. The van der Waals surface area contributed by atoms with Crippen molar-refractivity contribution in [3.8, 4) is 0 Å². The quantitative estimate of drug-likeness (QED) is 0.0762. The summed E-state index contributed by atoms with van der Waals surface area (Å²) in [6.07, 6.45) is 11.5. The normalized spacial score (nSPS) is 15.3. The summed E-state index contributed by atoms with van der Waals surface area (Å²) in [4.78, 5) is 7.51. The predicted molar refractivity (Wildman–Crippen MR) is 259 cm³/mol. The number of para-hydroxylation sites is 4. The highest BCUT2D eigenvalue weighted by Crippen LogP contribution is 2.47. The lowest BCUT2D eigenvalue weighted by molar-refractivity contribution is -0.665. The molecular weight excluding hydrogens is 857 g/mol. The summed E-state index contributed by atoms with van der Waals surface area (Å²) >= 11 is 7.53. The van der Waals surface area contributed by atoms with E-state index >= 15 is 0 Å². The Bertz CT molecular complexity index is 2580. The number of benzene rings is 4. The number of allylic oxidation sites excluding steroid dienone is 4. The van der Waals surface area contributed by atoms with Gasteiger partial charge in [-0.1, -0.05) is 109 Å². The molecule has 13 heteroatoms. The van der Waals surface area contributed by atoms with Crippen LogP contribution in [0.1, 0.15) is 76.5 Å². The Hall–Kier alpha value is -4.21. The number of thiazole rings is 2. The molecule has 0 saturated carbocycles. The van der Waals surface area contributed by atoms with Gasteiger partial charge in [-0.25, -0.2) is 0 Å². The van der Waals surface area contributed by atoms with Gasteiger partial charge in [0.15, 0.2) is 0 Å². The number of nitrogens with zero attached hydrogens (tertiary/aromatic N) is 4. The van der Waals surface area contributed by atoms with E-state index in [1.165, 1.54) is 83.9 Å². The van der Waals surface area contributed by atoms with Crippen molar-refractivity contribution >= 4 is 101 Å². The monoisotopic (exact) mass is 910 g/mol. The molecule has 2 aliphatic rings. The largest absolute Gasteiger partial charge is 0.759 e. The first-order valence-electron chi connectivity index (χ1n) is 20.8. The van der Waals surface area contributed by atoms with Crippen molar-refractivity contribution in [1.29, 1.82) is 0 Å². The molecule has 0 bridgehead atoms. The van der Waals surface area contributed by atoms with Crippen LogP contribution in [0.3, 0.4) is 0 Å². The Morgan fingerprint density at radius 2 is 0.967 bits per heavy atom. The zero-order valence-electron chi connectivity index (χ0n) is 36.1. The molecule has 0 unspecified atom stereocenters. The van der Waals surface area contributed by atoms with Crippen LogP contribution in [0.2, 0.25) is 0 Å². The van der Waals surface area contributed by atoms with E-state index in [0.29, 0.717) is 0 Å². The van der Waals surface area contributed by atoms with Gasteiger partial charge in [0.2, 0.25) is 11.0 Å². The number of aryl methyl sites for hydroxylation is 4. The molecule has 0 aliphatic carbocycles. The molecule has 0 amide bonds. The van der Waals surface area contributed by atoms with Crippen molar-refractivity contribution in [2.24, 2.45) is 0 Å². The molecule has 8 nitrogen and oxygen atoms in total. The van der Waals surface area contributed by atoms with E-state index in [4.69, 9.17) is 17.5 Å². The zero-order valence-corrected chi connectivity index (χ0v) is 40.2. The molecule has 0 spiro atoms. The molecule has 4 aromatic carbocycles. The maximum Gasteiger partial charge on any atom is 0.263 e. The average Bonchev–Trinajstić information content (AvgIpc) is 3.98. The third-order valence-corrected chi connectivity index (χ3v) is 14.8. The minimum absolute atomic E-state index is 0.987. The molecule has 8 rings (SSSR count). The minimum Gasteiger partial charge on any atom is -0.759 e. The molecule has 0 saturated heterocycles. The topological polar surface area (TPSA) is 94.5 Å². The van der Waals surface area contributed by atoms with E-state index in [1.54, 1.807) is 0 Å². The van der Waals surface area contributed by atoms with Crippen molar-refractivity contribution in [3.63, 3.8) is 0 Å². The van der Waals surface area contributed by atoms with E-state index in [1.807, 2.05) is 46.2 Å². The zero-order chi connectivity index (χ0) is 43.8. The lowest BCUT2D eigenvalue weighted by Gasteiger charge is -2.17. The second-order valence-electron chi connectivity index (χ2n) is 14.4. The lowest BCUT2D eigenvalue weighted by atomic mass is 10.1. The first kappa shape index (κ1) is 46.3. The van der Waals surface area contributed by atoms with Crippen LogP contribution in [0.15, 0.2) is 128 Å². The summed E-state index contributed by atoms with van der Waals surface area (Å²) < 4.78 is 41.8. The molecule has 2 aromatic heterocycles. The Labute approximate surface area is 378 Å². The molecule has 0 atom stereocenters. The first-order valence-corrected chi connectivity index (χ1v) is 25.4. The first-order chi connectivity index (χ1) is 29.3. The van der Waals surface area contributed by atoms with Gasteiger partial charge in [0.05, 0.1) is 21.4 Å². The molecule has 2 aliphatic heterocycles. The van der Waals surface area contributed by atoms with Gasteiger partial charge in [0.25, 0.3) is 10.0 Å². The van der Waals surface area contributed by atoms with E-state index in [0.717, 1.165) is 39.0 Å². The number of anilines is 2. The summed E-state index contributed by atoms with van der Waals surface area (Å²) in [5.74, 6) is 0. The number of thioether (sulfide) groups is 2. The molecule has 0 fully saturated rings. The minimum atomic E-state index is -5.17. The Kier molecular flexibility index (Phi) is 15.8. The number of fused-ring (bicyclic) bond motifs is 4. The second-order valence-corrected chi connectivity index (χ2v) is 19.4. The fourth-order valence-electron chi connectivity index (χ4n) is 7.72. The second kappa shape index (κ2) is 20.8. The highest BCUT2D eigenvalue weighted by atomic mass is 32.3. The van der Waals surface area contributed by atoms with Gasteiger partial charge in [-0.3, -0.25) is 8.42 Å². The van der Waals surface area contributed by atoms with E-state index in [9.17, 15) is 0 Å². The van der Waals surface area contributed by atoms with Crippen LogP contribution < -0.4 is 18.9 Å². The van der Waals surface area contributed by atoms with Gasteiger partial charge in [-0.15, -0.1) is 0 Å². The molecule has 0 radical (unpaired) electrons. The Morgan fingerprint density at radius 1 is 0.590 bits per heavy atom. The van der Waals surface area contributed by atoms with Gasteiger partial charge >= 0.3 is 0 Å². The van der Waals surface area contributed by atoms with Crippen LogP contribution in [0.4, 0.5) is 11.4 Å². The fraction of sp³-hybridized carbons (Fsp3) is 0.292. The van der Waals surface area contributed by atoms with Crippen LogP contribution in [0.5, 0.6) is 0 Å². The molecule has 6 aromatic rings. The number of aromatic nitrogens is 2. The standard InChI is InChI=1S/2C24H27N2S2.H2O4S/c2*1-5-18-11-10-14-21-24(18)26(7-3)23(28-21)16-17(4)15-22-25(6-2)19-12-8-9-13-20(19)27-22;1-5(2,3)4/h2*8-16H,5-7H2,1-4H3;(H2,1,2,3,4)/q2*+1;/p-2. The van der Waals surface area contributed by atoms with Crippen LogP contribution >= 0.6 is 46.2 Å². The molecule has 320 valence electrons. The summed E-state index contributed by atoms with van der Waals surface area (Å²) in [6.45, 7) is 21.8. The van der Waals surface area contributed by atoms with Crippen molar-refractivity contribution in [1.82, 2.24) is 0 Å². The maximum absolute atomic E-state index is 8.52. The van der Waals surface area contributed by atoms with Crippen LogP contribution in [0, 0.1) is 0 Å². The van der Waals surface area contributed by atoms with E-state index in [-0.39, 0.29) is 0 Å². The van der Waals surface area contributed by atoms with Crippen molar-refractivity contribution < 1.29 is 26.7 Å². The van der Waals surface area contributed by atoms with Gasteiger partial charge in [0.1, 0.15) is 22.5 Å². The highest BCUT2D eigenvalue weighted by Gasteiger charge is 2.26. The maximum atomic E-state index is 8.52. The van der Waals surface area contributed by atoms with Crippen LogP contribution in [-0.2, 0) is 36.3 Å². The fourth-order valence-corrected chi connectivity index (χ4v) is 12.8. The van der Waals surface area contributed by atoms with Gasteiger partial charge < -0.3 is 18.9 Å².